The van der Waals surface area contributed by atoms with Crippen molar-refractivity contribution in [2.45, 2.75) is 38.7 Å². The first-order valence-electron chi connectivity index (χ1n) is 8.05. The Morgan fingerprint density at radius 2 is 1.96 bits per heavy atom. The van der Waals surface area contributed by atoms with Gasteiger partial charge >= 0.3 is 0 Å². The Morgan fingerprint density at radius 3 is 2.61 bits per heavy atom. The number of nitrogens with zero attached hydrogens (tertiary/aromatic N) is 1. The number of ether oxygens (including phenoxy) is 1. The molecule has 0 atom stereocenters. The quantitative estimate of drug-likeness (QED) is 0.919. The van der Waals surface area contributed by atoms with E-state index in [1.54, 1.807) is 23.1 Å². The number of likely N-dealkylation sites (tertiary alicyclic amines) is 1. The molecule has 0 bridgehead atoms. The van der Waals surface area contributed by atoms with Crippen LogP contribution in [0.1, 0.15) is 32.6 Å². The lowest BCUT2D eigenvalue weighted by Crippen LogP contribution is -2.53. The maximum absolute atomic E-state index is 12.3. The van der Waals surface area contributed by atoms with Crippen LogP contribution in [0.15, 0.2) is 18.2 Å². The van der Waals surface area contributed by atoms with Crippen LogP contribution in [0.2, 0.25) is 5.02 Å². The SMILES string of the molecule is CC(=O)N1CC(C(=O)Nc2cc(Cl)ccc2OC2CCCC2)C1. The van der Waals surface area contributed by atoms with Gasteiger partial charge in [0.15, 0.2) is 0 Å². The Bertz CT molecular complexity index is 608. The number of hydrogen-bond donors (Lipinski definition) is 1. The smallest absolute Gasteiger partial charge is 0.231 e. The highest BCUT2D eigenvalue weighted by Crippen LogP contribution is 2.32. The van der Waals surface area contributed by atoms with E-state index < -0.39 is 0 Å². The van der Waals surface area contributed by atoms with E-state index in [2.05, 4.69) is 5.32 Å². The van der Waals surface area contributed by atoms with E-state index >= 15 is 0 Å². The van der Waals surface area contributed by atoms with Crippen molar-refractivity contribution in [2.24, 2.45) is 5.92 Å². The first-order chi connectivity index (χ1) is 11.0. The van der Waals surface area contributed by atoms with E-state index in [0.29, 0.717) is 29.5 Å². The summed E-state index contributed by atoms with van der Waals surface area (Å²) >= 11 is 6.05. The Balaban J connectivity index is 1.65. The molecule has 1 aliphatic heterocycles. The van der Waals surface area contributed by atoms with Crippen molar-refractivity contribution in [1.29, 1.82) is 0 Å². The molecule has 124 valence electrons. The summed E-state index contributed by atoms with van der Waals surface area (Å²) in [6, 6.07) is 5.28. The molecular weight excluding hydrogens is 316 g/mol. The highest BCUT2D eigenvalue weighted by atomic mass is 35.5. The molecule has 1 saturated heterocycles. The van der Waals surface area contributed by atoms with Gasteiger partial charge in [0.05, 0.1) is 17.7 Å². The monoisotopic (exact) mass is 336 g/mol. The van der Waals surface area contributed by atoms with Crippen molar-refractivity contribution in [3.05, 3.63) is 23.2 Å². The zero-order valence-corrected chi connectivity index (χ0v) is 13.9. The zero-order valence-electron chi connectivity index (χ0n) is 13.2. The standard InChI is InChI=1S/C17H21ClN2O3/c1-11(21)20-9-12(10-20)17(22)19-15-8-13(18)6-7-16(15)23-14-4-2-3-5-14/h6-8,12,14H,2-5,9-10H2,1H3,(H,19,22). The maximum atomic E-state index is 12.3. The molecule has 1 heterocycles. The number of hydrogen-bond acceptors (Lipinski definition) is 3. The lowest BCUT2D eigenvalue weighted by Gasteiger charge is -2.37. The molecule has 2 fully saturated rings. The van der Waals surface area contributed by atoms with Gasteiger partial charge in [-0.25, -0.2) is 0 Å². The van der Waals surface area contributed by atoms with Crippen LogP contribution in [0.4, 0.5) is 5.69 Å². The molecule has 2 aliphatic rings. The third-order valence-corrected chi connectivity index (χ3v) is 4.73. The fourth-order valence-corrected chi connectivity index (χ4v) is 3.20. The summed E-state index contributed by atoms with van der Waals surface area (Å²) in [5, 5.41) is 3.45. The zero-order chi connectivity index (χ0) is 16.4. The van der Waals surface area contributed by atoms with Crippen LogP contribution in [0, 0.1) is 5.92 Å². The normalized spacial score (nSPS) is 18.6. The van der Waals surface area contributed by atoms with Crippen molar-refractivity contribution in [3.8, 4) is 5.75 Å². The molecule has 6 heteroatoms. The second-order valence-electron chi connectivity index (χ2n) is 6.27. The number of nitrogens with one attached hydrogen (secondary N) is 1. The molecule has 3 rings (SSSR count). The summed E-state index contributed by atoms with van der Waals surface area (Å²) in [6.07, 6.45) is 4.67. The van der Waals surface area contributed by atoms with Crippen molar-refractivity contribution < 1.29 is 14.3 Å². The van der Waals surface area contributed by atoms with E-state index in [0.717, 1.165) is 12.8 Å². The molecule has 1 aromatic rings. The minimum Gasteiger partial charge on any atom is -0.488 e. The first-order valence-corrected chi connectivity index (χ1v) is 8.43. The first kappa shape index (κ1) is 16.1. The second-order valence-corrected chi connectivity index (χ2v) is 6.71. The van der Waals surface area contributed by atoms with Gasteiger partial charge < -0.3 is 15.0 Å². The van der Waals surface area contributed by atoms with Gasteiger partial charge in [-0.05, 0) is 43.9 Å². The number of benzene rings is 1. The summed E-state index contributed by atoms with van der Waals surface area (Å²) in [6.45, 7) is 2.46. The molecule has 1 aromatic carbocycles. The van der Waals surface area contributed by atoms with Gasteiger partial charge in [-0.15, -0.1) is 0 Å². The molecular formula is C17H21ClN2O3. The van der Waals surface area contributed by atoms with Gasteiger partial charge in [0.25, 0.3) is 0 Å². The second kappa shape index (κ2) is 6.79. The van der Waals surface area contributed by atoms with Crippen molar-refractivity contribution in [1.82, 2.24) is 4.90 Å². The molecule has 1 N–H and O–H groups in total. The van der Waals surface area contributed by atoms with E-state index in [-0.39, 0.29) is 23.8 Å². The van der Waals surface area contributed by atoms with E-state index in [9.17, 15) is 9.59 Å². The van der Waals surface area contributed by atoms with Gasteiger partial charge in [0.1, 0.15) is 5.75 Å². The van der Waals surface area contributed by atoms with Crippen LogP contribution in [0.3, 0.4) is 0 Å². The Hall–Kier alpha value is -1.75. The highest BCUT2D eigenvalue weighted by molar-refractivity contribution is 6.31. The lowest BCUT2D eigenvalue weighted by atomic mass is 9.99. The lowest BCUT2D eigenvalue weighted by molar-refractivity contribution is -0.139. The third-order valence-electron chi connectivity index (χ3n) is 4.49. The van der Waals surface area contributed by atoms with E-state index in [1.807, 2.05) is 0 Å². The summed E-state index contributed by atoms with van der Waals surface area (Å²) in [4.78, 5) is 25.2. The highest BCUT2D eigenvalue weighted by Gasteiger charge is 2.34. The van der Waals surface area contributed by atoms with Crippen LogP contribution in [-0.2, 0) is 9.59 Å². The Kier molecular flexibility index (Phi) is 4.76. The number of halogens is 1. The van der Waals surface area contributed by atoms with Crippen LogP contribution >= 0.6 is 11.6 Å². The Morgan fingerprint density at radius 1 is 1.26 bits per heavy atom. The van der Waals surface area contributed by atoms with Crippen molar-refractivity contribution in [3.63, 3.8) is 0 Å². The van der Waals surface area contributed by atoms with Crippen molar-refractivity contribution >= 4 is 29.1 Å². The molecule has 23 heavy (non-hydrogen) atoms. The van der Waals surface area contributed by atoms with Crippen LogP contribution < -0.4 is 10.1 Å². The minimum atomic E-state index is -0.169. The topological polar surface area (TPSA) is 58.6 Å². The van der Waals surface area contributed by atoms with Gasteiger partial charge in [0, 0.05) is 25.0 Å². The molecule has 2 amide bonds. The fraction of sp³-hybridized carbons (Fsp3) is 0.529. The van der Waals surface area contributed by atoms with Gasteiger partial charge in [-0.2, -0.15) is 0 Å². The van der Waals surface area contributed by atoms with Crippen LogP contribution in [0.25, 0.3) is 0 Å². The van der Waals surface area contributed by atoms with Crippen LogP contribution in [-0.4, -0.2) is 35.9 Å². The molecule has 0 aromatic heterocycles. The molecule has 0 unspecified atom stereocenters. The predicted molar refractivity (Wildman–Crippen MR) is 88.7 cm³/mol. The average Bonchev–Trinajstić information content (AvgIpc) is 2.92. The third kappa shape index (κ3) is 3.78. The number of amides is 2. The van der Waals surface area contributed by atoms with Gasteiger partial charge in [-0.3, -0.25) is 9.59 Å². The largest absolute Gasteiger partial charge is 0.488 e. The summed E-state index contributed by atoms with van der Waals surface area (Å²) in [5.74, 6) is 0.401. The number of carbonyl (C=O) groups excluding carboxylic acids is 2. The molecule has 1 aliphatic carbocycles. The van der Waals surface area contributed by atoms with E-state index in [1.165, 1.54) is 19.8 Å². The average molecular weight is 337 g/mol. The molecule has 1 saturated carbocycles. The number of carbonyl (C=O) groups is 2. The molecule has 5 nitrogen and oxygen atoms in total. The van der Waals surface area contributed by atoms with Gasteiger partial charge in [-0.1, -0.05) is 11.6 Å². The summed E-state index contributed by atoms with van der Waals surface area (Å²) in [7, 11) is 0. The van der Waals surface area contributed by atoms with Gasteiger partial charge in [0.2, 0.25) is 11.8 Å². The maximum Gasteiger partial charge on any atom is 0.231 e. The summed E-state index contributed by atoms with van der Waals surface area (Å²) in [5.41, 5.74) is 0.607. The predicted octanol–water partition coefficient (Wildman–Crippen LogP) is 3.08. The minimum absolute atomic E-state index is 0.00191. The van der Waals surface area contributed by atoms with Crippen LogP contribution in [0.5, 0.6) is 5.75 Å². The fourth-order valence-electron chi connectivity index (χ4n) is 3.02. The molecule has 0 radical (unpaired) electrons. The number of rotatable bonds is 4. The number of anilines is 1. The Labute approximate surface area is 140 Å². The summed E-state index contributed by atoms with van der Waals surface area (Å²) < 4.78 is 6.02. The molecule has 0 spiro atoms. The van der Waals surface area contributed by atoms with E-state index in [4.69, 9.17) is 16.3 Å². The van der Waals surface area contributed by atoms with Crippen molar-refractivity contribution in [2.75, 3.05) is 18.4 Å².